The van der Waals surface area contributed by atoms with Crippen molar-refractivity contribution in [1.82, 2.24) is 4.90 Å². The highest BCUT2D eigenvalue weighted by molar-refractivity contribution is 5.71. The molecule has 1 saturated heterocycles. The summed E-state index contributed by atoms with van der Waals surface area (Å²) in [6.45, 7) is 3.30. The van der Waals surface area contributed by atoms with Crippen LogP contribution in [0, 0.1) is 0 Å². The zero-order valence-electron chi connectivity index (χ0n) is 10.5. The predicted molar refractivity (Wildman–Crippen MR) is 66.6 cm³/mol. The third-order valence-corrected chi connectivity index (χ3v) is 3.39. The van der Waals surface area contributed by atoms with Crippen molar-refractivity contribution in [3.63, 3.8) is 0 Å². The number of cyclic esters (lactones) is 1. The molecular formula is C14H17NO3. The molecule has 3 rings (SSSR count). The van der Waals surface area contributed by atoms with Gasteiger partial charge in [0.2, 0.25) is 0 Å². The Hall–Kier alpha value is -1.71. The van der Waals surface area contributed by atoms with E-state index in [9.17, 15) is 4.79 Å². The number of carbonyl (C=O) groups excluding carboxylic acids is 1. The highest BCUT2D eigenvalue weighted by atomic mass is 16.6. The number of ether oxygens (including phenoxy) is 2. The zero-order chi connectivity index (χ0) is 12.5. The molecule has 0 N–H and O–H groups in total. The zero-order valence-corrected chi connectivity index (χ0v) is 10.5. The first-order valence-corrected chi connectivity index (χ1v) is 6.48. The maximum Gasteiger partial charge on any atom is 0.410 e. The fourth-order valence-electron chi connectivity index (χ4n) is 2.28. The van der Waals surface area contributed by atoms with E-state index >= 15 is 0 Å². The fourth-order valence-corrected chi connectivity index (χ4v) is 2.28. The second-order valence-electron chi connectivity index (χ2n) is 4.76. The van der Waals surface area contributed by atoms with Gasteiger partial charge in [0.05, 0.1) is 13.2 Å². The van der Waals surface area contributed by atoms with E-state index in [2.05, 4.69) is 0 Å². The Labute approximate surface area is 106 Å². The first-order valence-electron chi connectivity index (χ1n) is 6.48. The van der Waals surface area contributed by atoms with E-state index < -0.39 is 0 Å². The Bertz CT molecular complexity index is 439. The number of hydrogen-bond acceptors (Lipinski definition) is 3. The summed E-state index contributed by atoms with van der Waals surface area (Å²) in [5, 5.41) is 0. The number of hydrogen-bond donors (Lipinski definition) is 0. The standard InChI is InChI=1S/C14H17NO3/c1-2-17-12-7-3-10(4-8-12)13-9-15(11-5-6-11)14(16)18-13/h3-4,7-8,11,13H,2,5-6,9H2,1H3. The van der Waals surface area contributed by atoms with Gasteiger partial charge in [0.25, 0.3) is 0 Å². The van der Waals surface area contributed by atoms with Crippen LogP contribution in [0.4, 0.5) is 4.79 Å². The molecule has 4 heteroatoms. The van der Waals surface area contributed by atoms with E-state index in [1.807, 2.05) is 36.1 Å². The second-order valence-corrected chi connectivity index (χ2v) is 4.76. The largest absolute Gasteiger partial charge is 0.494 e. The van der Waals surface area contributed by atoms with Crippen molar-refractivity contribution in [1.29, 1.82) is 0 Å². The summed E-state index contributed by atoms with van der Waals surface area (Å²) in [6.07, 6.45) is 1.93. The van der Waals surface area contributed by atoms with E-state index in [1.165, 1.54) is 0 Å². The van der Waals surface area contributed by atoms with Gasteiger partial charge in [-0.15, -0.1) is 0 Å². The smallest absolute Gasteiger partial charge is 0.410 e. The fraction of sp³-hybridized carbons (Fsp3) is 0.500. The summed E-state index contributed by atoms with van der Waals surface area (Å²) in [6, 6.07) is 8.21. The van der Waals surface area contributed by atoms with Crippen LogP contribution in [0.1, 0.15) is 31.4 Å². The van der Waals surface area contributed by atoms with Crippen LogP contribution in [-0.4, -0.2) is 30.2 Å². The maximum absolute atomic E-state index is 11.7. The lowest BCUT2D eigenvalue weighted by Gasteiger charge is -2.11. The summed E-state index contributed by atoms with van der Waals surface area (Å²) in [4.78, 5) is 13.5. The van der Waals surface area contributed by atoms with Gasteiger partial charge >= 0.3 is 6.09 Å². The topological polar surface area (TPSA) is 38.8 Å². The highest BCUT2D eigenvalue weighted by Crippen LogP contribution is 2.35. The minimum absolute atomic E-state index is 0.131. The van der Waals surface area contributed by atoms with E-state index in [-0.39, 0.29) is 12.2 Å². The van der Waals surface area contributed by atoms with Gasteiger partial charge in [-0.1, -0.05) is 12.1 Å². The van der Waals surface area contributed by atoms with Gasteiger partial charge in [-0.25, -0.2) is 4.79 Å². The molecule has 18 heavy (non-hydrogen) atoms. The molecule has 1 aliphatic carbocycles. The average Bonchev–Trinajstić information content (AvgIpc) is 3.14. The van der Waals surface area contributed by atoms with E-state index in [4.69, 9.17) is 9.47 Å². The molecule has 1 aliphatic heterocycles. The molecule has 2 aliphatic rings. The summed E-state index contributed by atoms with van der Waals surface area (Å²) in [7, 11) is 0. The van der Waals surface area contributed by atoms with E-state index in [1.54, 1.807) is 0 Å². The van der Waals surface area contributed by atoms with E-state index in [0.29, 0.717) is 19.2 Å². The molecule has 1 unspecified atom stereocenters. The Balaban J connectivity index is 1.69. The lowest BCUT2D eigenvalue weighted by atomic mass is 10.1. The molecule has 96 valence electrons. The van der Waals surface area contributed by atoms with Gasteiger partial charge in [-0.3, -0.25) is 0 Å². The second kappa shape index (κ2) is 4.52. The average molecular weight is 247 g/mol. The first-order chi connectivity index (χ1) is 8.78. The maximum atomic E-state index is 11.7. The Kier molecular flexibility index (Phi) is 2.86. The van der Waals surface area contributed by atoms with Gasteiger partial charge in [0, 0.05) is 6.04 Å². The predicted octanol–water partition coefficient (Wildman–Crippen LogP) is 2.74. The molecule has 0 bridgehead atoms. The molecule has 0 radical (unpaired) electrons. The van der Waals surface area contributed by atoms with Gasteiger partial charge < -0.3 is 14.4 Å². The highest BCUT2D eigenvalue weighted by Gasteiger charge is 2.41. The molecule has 1 aromatic carbocycles. The van der Waals surface area contributed by atoms with Gasteiger partial charge in [0.15, 0.2) is 0 Å². The van der Waals surface area contributed by atoms with Gasteiger partial charge in [-0.2, -0.15) is 0 Å². The lowest BCUT2D eigenvalue weighted by Crippen LogP contribution is -2.26. The van der Waals surface area contributed by atoms with Crippen LogP contribution in [0.25, 0.3) is 0 Å². The molecule has 1 saturated carbocycles. The molecule has 2 fully saturated rings. The Morgan fingerprint density at radius 2 is 2.06 bits per heavy atom. The van der Waals surface area contributed by atoms with Gasteiger partial charge in [0.1, 0.15) is 11.9 Å². The molecule has 1 amide bonds. The number of rotatable bonds is 4. The van der Waals surface area contributed by atoms with Crippen LogP contribution < -0.4 is 4.74 Å². The molecule has 1 atom stereocenters. The Morgan fingerprint density at radius 3 is 2.67 bits per heavy atom. The molecule has 0 spiro atoms. The third-order valence-electron chi connectivity index (χ3n) is 3.39. The molecule has 4 nitrogen and oxygen atoms in total. The molecule has 1 aromatic rings. The summed E-state index contributed by atoms with van der Waals surface area (Å²) >= 11 is 0. The van der Waals surface area contributed by atoms with Crippen molar-refractivity contribution in [2.75, 3.05) is 13.2 Å². The Morgan fingerprint density at radius 1 is 1.33 bits per heavy atom. The van der Waals surface area contributed by atoms with Crippen LogP contribution in [0.5, 0.6) is 5.75 Å². The van der Waals surface area contributed by atoms with Crippen LogP contribution in [0.2, 0.25) is 0 Å². The lowest BCUT2D eigenvalue weighted by molar-refractivity contribution is 0.132. The number of benzene rings is 1. The van der Waals surface area contributed by atoms with Crippen LogP contribution >= 0.6 is 0 Å². The van der Waals surface area contributed by atoms with Crippen LogP contribution in [0.15, 0.2) is 24.3 Å². The van der Waals surface area contributed by atoms with E-state index in [0.717, 1.165) is 24.2 Å². The van der Waals surface area contributed by atoms with Gasteiger partial charge in [-0.05, 0) is 37.5 Å². The number of nitrogens with zero attached hydrogens (tertiary/aromatic N) is 1. The SMILES string of the molecule is CCOc1ccc(C2CN(C3CC3)C(=O)O2)cc1. The monoisotopic (exact) mass is 247 g/mol. The quantitative estimate of drug-likeness (QED) is 0.821. The van der Waals surface area contributed by atoms with Crippen molar-refractivity contribution in [3.8, 4) is 5.75 Å². The molecular weight excluding hydrogens is 230 g/mol. The van der Waals surface area contributed by atoms with Crippen molar-refractivity contribution in [2.24, 2.45) is 0 Å². The van der Waals surface area contributed by atoms with Crippen molar-refractivity contribution in [3.05, 3.63) is 29.8 Å². The minimum atomic E-state index is -0.170. The number of amides is 1. The third kappa shape index (κ3) is 2.15. The summed E-state index contributed by atoms with van der Waals surface area (Å²) < 4.78 is 10.8. The first kappa shape index (κ1) is 11.4. The van der Waals surface area contributed by atoms with Crippen molar-refractivity contribution in [2.45, 2.75) is 31.9 Å². The molecule has 0 aromatic heterocycles. The number of carbonyl (C=O) groups is 1. The summed E-state index contributed by atoms with van der Waals surface area (Å²) in [5.74, 6) is 0.852. The van der Waals surface area contributed by atoms with Crippen molar-refractivity contribution < 1.29 is 14.3 Å². The minimum Gasteiger partial charge on any atom is -0.494 e. The van der Waals surface area contributed by atoms with Crippen LogP contribution in [0.3, 0.4) is 0 Å². The van der Waals surface area contributed by atoms with Crippen molar-refractivity contribution >= 4 is 6.09 Å². The van der Waals surface area contributed by atoms with Crippen LogP contribution in [-0.2, 0) is 4.74 Å². The summed E-state index contributed by atoms with van der Waals surface area (Å²) in [5.41, 5.74) is 1.04. The normalized spacial score (nSPS) is 23.1. The molecule has 1 heterocycles.